The van der Waals surface area contributed by atoms with E-state index in [2.05, 4.69) is 17.6 Å². The lowest BCUT2D eigenvalue weighted by Crippen LogP contribution is -2.57. The molecule has 3 amide bonds. The van der Waals surface area contributed by atoms with Crippen molar-refractivity contribution in [2.75, 3.05) is 6.61 Å². The van der Waals surface area contributed by atoms with E-state index in [1.165, 1.54) is 0 Å². The fourth-order valence-electron chi connectivity index (χ4n) is 6.85. The number of nitrogens with zero attached hydrogens (tertiary/aromatic N) is 1. The lowest BCUT2D eigenvalue weighted by atomic mass is 9.66. The molecule has 2 bridgehead atoms. The molecule has 2 unspecified atom stereocenters. The van der Waals surface area contributed by atoms with Crippen LogP contribution >= 0.6 is 11.8 Å². The van der Waals surface area contributed by atoms with Gasteiger partial charge in [-0.2, -0.15) is 0 Å². The molecule has 0 saturated carbocycles. The Labute approximate surface area is 228 Å². The van der Waals surface area contributed by atoms with E-state index < -0.39 is 33.4 Å². The van der Waals surface area contributed by atoms with Gasteiger partial charge in [0.1, 0.15) is 6.04 Å². The Morgan fingerprint density at radius 2 is 1.66 bits per heavy atom. The molecule has 8 heteroatoms. The first kappa shape index (κ1) is 26.8. The Morgan fingerprint density at radius 1 is 1.03 bits per heavy atom. The van der Waals surface area contributed by atoms with Gasteiger partial charge in [0.2, 0.25) is 17.7 Å². The molecule has 6 atom stereocenters. The number of nitrogens with one attached hydrogen (secondary N) is 2. The number of aliphatic hydroxyl groups is 1. The average Bonchev–Trinajstić information content (AvgIpc) is 3.47. The van der Waals surface area contributed by atoms with Gasteiger partial charge in [0, 0.05) is 17.3 Å². The Morgan fingerprint density at radius 3 is 2.26 bits per heavy atom. The minimum Gasteiger partial charge on any atom is -0.394 e. The highest BCUT2D eigenvalue weighted by Gasteiger charge is 2.77. The lowest BCUT2D eigenvalue weighted by molar-refractivity contribution is -0.143. The summed E-state index contributed by atoms with van der Waals surface area (Å²) in [6, 6.07) is 18.0. The molecule has 1 spiro atoms. The van der Waals surface area contributed by atoms with Crippen LogP contribution in [0.4, 0.5) is 0 Å². The fraction of sp³-hybridized carbons (Fsp3) is 0.500. The molecule has 0 aliphatic carbocycles. The van der Waals surface area contributed by atoms with Gasteiger partial charge in [-0.25, -0.2) is 0 Å². The Bertz CT molecular complexity index is 1190. The summed E-state index contributed by atoms with van der Waals surface area (Å²) in [6.45, 7) is 6.00. The maximum atomic E-state index is 14.3. The van der Waals surface area contributed by atoms with Crippen molar-refractivity contribution in [3.05, 3.63) is 71.8 Å². The molecule has 7 nitrogen and oxygen atoms in total. The summed E-state index contributed by atoms with van der Waals surface area (Å²) in [7, 11) is 0. The van der Waals surface area contributed by atoms with Crippen molar-refractivity contribution < 1.29 is 19.5 Å². The van der Waals surface area contributed by atoms with E-state index in [1.807, 2.05) is 74.5 Å². The number of fused-ring (bicyclic) bond motifs is 1. The predicted octanol–water partition coefficient (Wildman–Crippen LogP) is 2.91. The van der Waals surface area contributed by atoms with Gasteiger partial charge in [-0.05, 0) is 51.2 Å². The topological polar surface area (TPSA) is 98.7 Å². The minimum absolute atomic E-state index is 0.0965. The molecule has 38 heavy (non-hydrogen) atoms. The van der Waals surface area contributed by atoms with Crippen LogP contribution in [0.25, 0.3) is 0 Å². The smallest absolute Gasteiger partial charge is 0.244 e. The summed E-state index contributed by atoms with van der Waals surface area (Å²) >= 11 is 1.65. The van der Waals surface area contributed by atoms with Crippen molar-refractivity contribution in [1.29, 1.82) is 0 Å². The number of hydrogen-bond donors (Lipinski definition) is 3. The first-order chi connectivity index (χ1) is 18.2. The minimum atomic E-state index is -0.748. The van der Waals surface area contributed by atoms with Crippen LogP contribution in [0, 0.1) is 11.8 Å². The van der Waals surface area contributed by atoms with E-state index in [-0.39, 0.29) is 30.4 Å². The Kier molecular flexibility index (Phi) is 7.31. The first-order valence-corrected chi connectivity index (χ1v) is 14.3. The first-order valence-electron chi connectivity index (χ1n) is 13.5. The van der Waals surface area contributed by atoms with Crippen LogP contribution in [-0.4, -0.2) is 62.0 Å². The van der Waals surface area contributed by atoms with Crippen LogP contribution in [0.15, 0.2) is 60.7 Å². The molecule has 3 saturated heterocycles. The van der Waals surface area contributed by atoms with Crippen LogP contribution in [0.2, 0.25) is 0 Å². The largest absolute Gasteiger partial charge is 0.394 e. The zero-order valence-corrected chi connectivity index (χ0v) is 23.0. The van der Waals surface area contributed by atoms with E-state index in [0.29, 0.717) is 19.4 Å². The Balaban J connectivity index is 1.49. The second-order valence-corrected chi connectivity index (χ2v) is 13.3. The lowest BCUT2D eigenvalue weighted by Gasteiger charge is -2.37. The molecule has 2 aromatic rings. The third-order valence-corrected chi connectivity index (χ3v) is 10.4. The quantitative estimate of drug-likeness (QED) is 0.459. The van der Waals surface area contributed by atoms with Crippen LogP contribution in [0.1, 0.15) is 44.7 Å². The summed E-state index contributed by atoms with van der Waals surface area (Å²) in [6.07, 6.45) is 1.87. The van der Waals surface area contributed by atoms with Crippen LogP contribution in [-0.2, 0) is 27.3 Å². The second-order valence-electron chi connectivity index (χ2n) is 11.4. The molecule has 2 aromatic carbocycles. The van der Waals surface area contributed by atoms with Crippen molar-refractivity contribution in [3.8, 4) is 0 Å². The molecule has 5 rings (SSSR count). The molecule has 3 aliphatic rings. The number of carbonyl (C=O) groups excluding carboxylic acids is 3. The van der Waals surface area contributed by atoms with Gasteiger partial charge in [0.15, 0.2) is 0 Å². The maximum absolute atomic E-state index is 14.3. The number of aliphatic hydroxyl groups excluding tert-OH is 1. The monoisotopic (exact) mass is 535 g/mol. The second kappa shape index (κ2) is 10.4. The van der Waals surface area contributed by atoms with Crippen LogP contribution in [0.5, 0.6) is 0 Å². The molecule has 3 N–H and O–H groups in total. The summed E-state index contributed by atoms with van der Waals surface area (Å²) in [5.41, 5.74) is 1.98. The average molecular weight is 536 g/mol. The van der Waals surface area contributed by atoms with Crippen molar-refractivity contribution in [2.24, 2.45) is 11.8 Å². The van der Waals surface area contributed by atoms with Gasteiger partial charge in [-0.1, -0.05) is 60.7 Å². The molecule has 3 heterocycles. The van der Waals surface area contributed by atoms with Crippen molar-refractivity contribution in [2.45, 2.75) is 74.2 Å². The number of rotatable bonds is 9. The zero-order chi connectivity index (χ0) is 27.1. The number of benzene rings is 2. The molecule has 0 radical (unpaired) electrons. The van der Waals surface area contributed by atoms with Crippen molar-refractivity contribution in [1.82, 2.24) is 15.5 Å². The highest BCUT2D eigenvalue weighted by atomic mass is 32.2. The zero-order valence-electron chi connectivity index (χ0n) is 22.2. The van der Waals surface area contributed by atoms with Crippen LogP contribution in [0.3, 0.4) is 0 Å². The third-order valence-electron chi connectivity index (χ3n) is 8.40. The SMILES string of the molecule is CC(C)NC(=O)C1N([C@@H](CO)Cc2ccccc2)C(=O)[C@@H]2[C@@H](C(=O)NCc3ccccc3)[C@@]3(C)CCC12S3. The number of thioether (sulfide) groups is 1. The fourth-order valence-corrected chi connectivity index (χ4v) is 9.20. The van der Waals surface area contributed by atoms with Gasteiger partial charge in [0.05, 0.1) is 29.2 Å². The highest BCUT2D eigenvalue weighted by molar-refractivity contribution is 8.02. The third kappa shape index (κ3) is 4.51. The molecule has 3 fully saturated rings. The number of likely N-dealkylation sites (tertiary alicyclic amines) is 1. The van der Waals surface area contributed by atoms with E-state index in [0.717, 1.165) is 17.5 Å². The van der Waals surface area contributed by atoms with E-state index >= 15 is 0 Å². The molecule has 202 valence electrons. The summed E-state index contributed by atoms with van der Waals surface area (Å²) in [4.78, 5) is 43.5. The van der Waals surface area contributed by atoms with E-state index in [1.54, 1.807) is 16.7 Å². The summed E-state index contributed by atoms with van der Waals surface area (Å²) in [5, 5.41) is 16.6. The van der Waals surface area contributed by atoms with Gasteiger partial charge in [-0.15, -0.1) is 11.8 Å². The molecule has 0 aromatic heterocycles. The van der Waals surface area contributed by atoms with E-state index in [4.69, 9.17) is 0 Å². The normalized spacial score (nSPS) is 30.4. The molecular weight excluding hydrogens is 498 g/mol. The van der Waals surface area contributed by atoms with Gasteiger partial charge in [-0.3, -0.25) is 14.4 Å². The number of amides is 3. The highest BCUT2D eigenvalue weighted by Crippen LogP contribution is 2.71. The summed E-state index contributed by atoms with van der Waals surface area (Å²) in [5.74, 6) is -1.70. The Hall–Kier alpha value is -2.84. The van der Waals surface area contributed by atoms with Gasteiger partial charge < -0.3 is 20.6 Å². The summed E-state index contributed by atoms with van der Waals surface area (Å²) < 4.78 is -1.14. The van der Waals surface area contributed by atoms with Crippen molar-refractivity contribution >= 4 is 29.5 Å². The standard InChI is InChI=1S/C30H37N3O4S/c1-19(2)32-27(36)25-30-15-14-29(3,38-30)23(26(35)31-17-21-12-8-5-9-13-21)24(30)28(37)33(25)22(18-34)16-20-10-6-4-7-11-20/h4-13,19,22-25,34H,14-18H2,1-3H3,(H,31,35)(H,32,36)/t22-,23+,24+,25?,29-,30?/m1/s1. The molecular formula is C30H37N3O4S. The van der Waals surface area contributed by atoms with Crippen molar-refractivity contribution in [3.63, 3.8) is 0 Å². The predicted molar refractivity (Wildman–Crippen MR) is 148 cm³/mol. The maximum Gasteiger partial charge on any atom is 0.244 e. The van der Waals surface area contributed by atoms with Gasteiger partial charge in [0.25, 0.3) is 0 Å². The number of hydrogen-bond acceptors (Lipinski definition) is 5. The van der Waals surface area contributed by atoms with Gasteiger partial charge >= 0.3 is 0 Å². The van der Waals surface area contributed by atoms with Crippen LogP contribution < -0.4 is 10.6 Å². The number of carbonyl (C=O) groups is 3. The molecule has 3 aliphatic heterocycles. The van der Waals surface area contributed by atoms with E-state index in [9.17, 15) is 19.5 Å².